The van der Waals surface area contributed by atoms with Crippen LogP contribution in [0.1, 0.15) is 12.8 Å². The predicted molar refractivity (Wildman–Crippen MR) is 25.7 cm³/mol. The molecule has 1 N–H and O–H groups in total. The molecule has 0 spiro atoms. The van der Waals surface area contributed by atoms with Crippen molar-refractivity contribution in [2.24, 2.45) is 0 Å². The van der Waals surface area contributed by atoms with E-state index in [1.54, 1.807) is 0 Å². The van der Waals surface area contributed by atoms with Crippen LogP contribution in [0.5, 0.6) is 0 Å². The van der Waals surface area contributed by atoms with Crippen molar-refractivity contribution in [1.82, 2.24) is 0 Å². The number of carboxylic acid groups (broad SMARTS) is 2. The van der Waals surface area contributed by atoms with E-state index in [2.05, 4.69) is 0 Å². The Hall–Kier alpha value is 0.900. The molecule has 0 radical (unpaired) electrons. The van der Waals surface area contributed by atoms with Gasteiger partial charge in [0.05, 0.1) is 0 Å². The second-order valence-electron chi connectivity index (χ2n) is 1.74. The van der Waals surface area contributed by atoms with Gasteiger partial charge in [0.1, 0.15) is 0 Å². The van der Waals surface area contributed by atoms with Crippen molar-refractivity contribution >= 4 is 11.9 Å². The summed E-state index contributed by atoms with van der Waals surface area (Å²) in [5, 5.41) is 27.9. The molecule has 0 saturated heterocycles. The number of rotatable bonds is 4. The van der Waals surface area contributed by atoms with E-state index >= 15 is 0 Å². The maximum absolute atomic E-state index is 10.2. The van der Waals surface area contributed by atoms with Crippen molar-refractivity contribution in [3.63, 3.8) is 0 Å². The van der Waals surface area contributed by atoms with Crippen molar-refractivity contribution < 1.29 is 84.0 Å². The Bertz CT molecular complexity index is 149. The zero-order valence-electron chi connectivity index (χ0n) is 7.07. The Kier molecular flexibility index (Phi) is 15.5. The molecular formula is C5H6Na2O5. The molecule has 0 aromatic rings. The second kappa shape index (κ2) is 9.98. The van der Waals surface area contributed by atoms with E-state index in [0.29, 0.717) is 0 Å². The molecule has 58 valence electrons. The maximum Gasteiger partial charge on any atom is 1.00 e. The van der Waals surface area contributed by atoms with Crippen LogP contribution in [0.3, 0.4) is 0 Å². The zero-order valence-corrected chi connectivity index (χ0v) is 11.1. The van der Waals surface area contributed by atoms with E-state index in [-0.39, 0.29) is 59.1 Å². The standard InChI is InChI=1S/C5H7O5.2Na/c6-3(5(9)10)1-2-4(7)8;;/h3H,1-2H2,(H,7,8)(H,9,10);;/q-1;2*+1/p-1/i1+1,2+1,3+1,4+1,5+1;;. The van der Waals surface area contributed by atoms with Crippen LogP contribution in [0.2, 0.25) is 0 Å². The van der Waals surface area contributed by atoms with Crippen LogP contribution >= 0.6 is 0 Å². The molecule has 0 aliphatic carbocycles. The molecule has 0 aromatic carbocycles. The summed E-state index contributed by atoms with van der Waals surface area (Å²) >= 11 is 0. The van der Waals surface area contributed by atoms with Gasteiger partial charge in [0.25, 0.3) is 0 Å². The van der Waals surface area contributed by atoms with E-state index < -0.39 is 30.9 Å². The molecule has 0 aliphatic heterocycles. The molecule has 0 saturated carbocycles. The fourth-order valence-corrected chi connectivity index (χ4v) is 0.372. The normalized spacial score (nSPS) is 10.4. The first kappa shape index (κ1) is 18.6. The summed E-state index contributed by atoms with van der Waals surface area (Å²) in [6, 6.07) is 0. The Labute approximate surface area is 114 Å². The average Bonchev–Trinajstić information content (AvgIpc) is 1.82. The van der Waals surface area contributed by atoms with Crippen LogP contribution in [-0.4, -0.2) is 23.1 Å². The van der Waals surface area contributed by atoms with Crippen molar-refractivity contribution in [2.75, 3.05) is 0 Å². The SMILES string of the molecule is O=[13C](O)[13CH2][13CH2][13CH]([O-])[13C](=O)[O-].[Na+].[Na+]. The van der Waals surface area contributed by atoms with Gasteiger partial charge in [-0.2, -0.15) is 0 Å². The molecule has 0 aromatic heterocycles. The van der Waals surface area contributed by atoms with Crippen LogP contribution in [0.25, 0.3) is 0 Å². The van der Waals surface area contributed by atoms with Crippen molar-refractivity contribution in [3.8, 4) is 0 Å². The van der Waals surface area contributed by atoms with Gasteiger partial charge in [0.15, 0.2) is 0 Å². The molecule has 0 aliphatic rings. The van der Waals surface area contributed by atoms with Crippen molar-refractivity contribution in [3.05, 3.63) is 0 Å². The van der Waals surface area contributed by atoms with E-state index in [4.69, 9.17) is 5.11 Å². The Balaban J connectivity index is -0.000000405. The summed E-state index contributed by atoms with van der Waals surface area (Å²) in [7, 11) is 0. The number of hydrogen-bond acceptors (Lipinski definition) is 4. The summed E-state index contributed by atoms with van der Waals surface area (Å²) in [6.07, 6.45) is -2.77. The first-order valence-electron chi connectivity index (χ1n) is 2.62. The Morgan fingerprint density at radius 3 is 2.00 bits per heavy atom. The number of hydrogen-bond donors (Lipinski definition) is 1. The number of aliphatic carboxylic acids is 2. The third kappa shape index (κ3) is 10.9. The third-order valence-electron chi connectivity index (χ3n) is 0.883. The molecule has 5 nitrogen and oxygen atoms in total. The largest absolute Gasteiger partial charge is 1.00 e. The molecule has 0 bridgehead atoms. The molecule has 0 heterocycles. The van der Waals surface area contributed by atoms with Crippen molar-refractivity contribution in [2.45, 2.75) is 18.9 Å². The van der Waals surface area contributed by atoms with Gasteiger partial charge in [-0.25, -0.2) is 0 Å². The molecular weight excluding hydrogens is 191 g/mol. The number of carboxylic acids is 2. The van der Waals surface area contributed by atoms with Gasteiger partial charge in [-0.15, -0.1) is 0 Å². The molecule has 7 heteroatoms. The quantitative estimate of drug-likeness (QED) is 0.356. The van der Waals surface area contributed by atoms with Crippen LogP contribution in [0, 0.1) is 0 Å². The zero-order chi connectivity index (χ0) is 8.15. The molecule has 12 heavy (non-hydrogen) atoms. The second-order valence-corrected chi connectivity index (χ2v) is 1.74. The van der Waals surface area contributed by atoms with Gasteiger partial charge in [-0.3, -0.25) is 4.79 Å². The summed E-state index contributed by atoms with van der Waals surface area (Å²) in [4.78, 5) is 19.5. The molecule has 0 amide bonds. The number of carbonyl (C=O) groups is 2. The van der Waals surface area contributed by atoms with E-state index in [1.165, 1.54) is 0 Å². The summed E-state index contributed by atoms with van der Waals surface area (Å²) in [5.41, 5.74) is 0. The molecule has 1 atom stereocenters. The summed E-state index contributed by atoms with van der Waals surface area (Å²) in [6.45, 7) is 0. The fourth-order valence-electron chi connectivity index (χ4n) is 0.372. The Morgan fingerprint density at radius 2 is 1.75 bits per heavy atom. The average molecular weight is 197 g/mol. The van der Waals surface area contributed by atoms with E-state index in [9.17, 15) is 19.8 Å². The van der Waals surface area contributed by atoms with Gasteiger partial charge in [-0.05, 0) is 0 Å². The Morgan fingerprint density at radius 1 is 1.33 bits per heavy atom. The molecule has 0 fully saturated rings. The van der Waals surface area contributed by atoms with E-state index in [1.807, 2.05) is 0 Å². The summed E-state index contributed by atoms with van der Waals surface area (Å²) in [5.74, 6) is -2.93. The molecule has 0 rings (SSSR count). The minimum absolute atomic E-state index is 0. The first-order chi connectivity index (χ1) is 4.54. The van der Waals surface area contributed by atoms with Crippen LogP contribution < -0.4 is 69.3 Å². The maximum atomic E-state index is 10.2. The van der Waals surface area contributed by atoms with Gasteiger partial charge >= 0.3 is 65.1 Å². The van der Waals surface area contributed by atoms with Gasteiger partial charge in [0.2, 0.25) is 0 Å². The smallest absolute Gasteiger partial charge is 0.848 e. The minimum atomic E-state index is -1.92. The minimum Gasteiger partial charge on any atom is -0.848 e. The van der Waals surface area contributed by atoms with Crippen LogP contribution in [0.15, 0.2) is 0 Å². The summed E-state index contributed by atoms with van der Waals surface area (Å²) < 4.78 is 0. The predicted octanol–water partition coefficient (Wildman–Crippen LogP) is -8.66. The third-order valence-corrected chi connectivity index (χ3v) is 0.883. The van der Waals surface area contributed by atoms with Crippen LogP contribution in [-0.2, 0) is 9.59 Å². The topological polar surface area (TPSA) is 100 Å². The van der Waals surface area contributed by atoms with Crippen molar-refractivity contribution in [1.29, 1.82) is 0 Å². The monoisotopic (exact) mass is 197 g/mol. The van der Waals surface area contributed by atoms with Gasteiger partial charge in [0, 0.05) is 12.4 Å². The molecule has 1 unspecified atom stereocenters. The first-order valence-corrected chi connectivity index (χ1v) is 2.62. The number of carbonyl (C=O) groups excluding carboxylic acids is 1. The van der Waals surface area contributed by atoms with Gasteiger partial charge < -0.3 is 20.1 Å². The van der Waals surface area contributed by atoms with Gasteiger partial charge in [-0.1, -0.05) is 12.5 Å². The van der Waals surface area contributed by atoms with Crippen LogP contribution in [0.4, 0.5) is 0 Å². The van der Waals surface area contributed by atoms with E-state index in [0.717, 1.165) is 0 Å². The fraction of sp³-hybridized carbons (Fsp3) is 0.600.